The number of fused-ring (bicyclic) bond motifs is 1. The van der Waals surface area contributed by atoms with E-state index in [-0.39, 0.29) is 0 Å². The molecule has 0 saturated carbocycles. The van der Waals surface area contributed by atoms with Gasteiger partial charge in [-0.25, -0.2) is 0 Å². The fourth-order valence-corrected chi connectivity index (χ4v) is 3.15. The third-order valence-electron chi connectivity index (χ3n) is 4.56. The van der Waals surface area contributed by atoms with Gasteiger partial charge in [-0.3, -0.25) is 5.32 Å². The van der Waals surface area contributed by atoms with Gasteiger partial charge in [0.2, 0.25) is 0 Å². The lowest BCUT2D eigenvalue weighted by Crippen LogP contribution is -2.64. The Morgan fingerprint density at radius 1 is 0.960 bits per heavy atom. The van der Waals surface area contributed by atoms with E-state index in [9.17, 15) is 15.3 Å². The van der Waals surface area contributed by atoms with E-state index in [1.807, 2.05) is 24.3 Å². The van der Waals surface area contributed by atoms with Gasteiger partial charge < -0.3 is 30.5 Å². The Bertz CT molecular complexity index is 693. The highest BCUT2D eigenvalue weighted by atomic mass is 16.6. The maximum absolute atomic E-state index is 10.1. The van der Waals surface area contributed by atoms with E-state index in [1.54, 1.807) is 0 Å². The van der Waals surface area contributed by atoms with E-state index in [2.05, 4.69) is 28.8 Å². The smallest absolute Gasteiger partial charge is 0.173 e. The van der Waals surface area contributed by atoms with Crippen LogP contribution in [0.15, 0.2) is 42.5 Å². The predicted octanol–water partition coefficient (Wildman–Crippen LogP) is -0.724. The molecule has 0 bridgehead atoms. The molecule has 0 aliphatic carbocycles. The summed E-state index contributed by atoms with van der Waals surface area (Å²) in [6, 6.07) is 13.4. The highest BCUT2D eigenvalue weighted by Crippen LogP contribution is 2.20. The first-order valence-electron chi connectivity index (χ1n) is 8.33. The highest BCUT2D eigenvalue weighted by molar-refractivity contribution is 5.85. The number of nitrogens with one attached hydrogen (secondary N) is 2. The summed E-state index contributed by atoms with van der Waals surface area (Å²) in [6.45, 7) is 0.444. The lowest BCUT2D eigenvalue weighted by Gasteiger charge is -2.40. The maximum Gasteiger partial charge on any atom is 0.173 e. The van der Waals surface area contributed by atoms with Crippen LogP contribution < -0.4 is 10.6 Å². The first kappa shape index (κ1) is 18.2. The van der Waals surface area contributed by atoms with Gasteiger partial charge in [-0.2, -0.15) is 0 Å². The van der Waals surface area contributed by atoms with Gasteiger partial charge in [0.25, 0.3) is 0 Å². The normalized spacial score (nSPS) is 29.8. The Morgan fingerprint density at radius 3 is 2.52 bits per heavy atom. The van der Waals surface area contributed by atoms with Gasteiger partial charge in [-0.15, -0.1) is 0 Å². The number of aliphatic hydroxyl groups excluding tert-OH is 4. The zero-order chi connectivity index (χ0) is 17.8. The molecule has 1 fully saturated rings. The molecule has 2 aromatic rings. The Hall–Kier alpha value is -1.58. The molecule has 5 atom stereocenters. The van der Waals surface area contributed by atoms with Crippen molar-refractivity contribution >= 4 is 10.8 Å². The first-order chi connectivity index (χ1) is 12.1. The molecule has 136 valence electrons. The van der Waals surface area contributed by atoms with E-state index < -0.39 is 37.3 Å². The van der Waals surface area contributed by atoms with Crippen LogP contribution in [0.25, 0.3) is 10.8 Å². The van der Waals surface area contributed by atoms with Crippen LogP contribution in [0.3, 0.4) is 0 Å². The molecule has 5 unspecified atom stereocenters. The fraction of sp³-hybridized carbons (Fsp3) is 0.444. The van der Waals surface area contributed by atoms with Crippen LogP contribution >= 0.6 is 0 Å². The summed E-state index contributed by atoms with van der Waals surface area (Å²) in [6.07, 6.45) is -4.80. The molecule has 0 aromatic heterocycles. The van der Waals surface area contributed by atoms with Gasteiger partial charge in [0.05, 0.1) is 12.6 Å². The predicted molar refractivity (Wildman–Crippen MR) is 92.6 cm³/mol. The minimum absolute atomic E-state index is 0.307. The third-order valence-corrected chi connectivity index (χ3v) is 4.56. The van der Waals surface area contributed by atoms with E-state index >= 15 is 0 Å². The summed E-state index contributed by atoms with van der Waals surface area (Å²) in [5, 5.41) is 47.4. The largest absolute Gasteiger partial charge is 0.394 e. The second kappa shape index (κ2) is 8.20. The van der Waals surface area contributed by atoms with Gasteiger partial charge >= 0.3 is 0 Å². The summed E-state index contributed by atoms with van der Waals surface area (Å²) in [5.74, 6) is 0. The average molecular weight is 348 g/mol. The van der Waals surface area contributed by atoms with Crippen LogP contribution in [-0.4, -0.2) is 64.3 Å². The van der Waals surface area contributed by atoms with Crippen molar-refractivity contribution < 1.29 is 25.2 Å². The van der Waals surface area contributed by atoms with Gasteiger partial charge in [0.15, 0.2) is 6.29 Å². The average Bonchev–Trinajstić information content (AvgIpc) is 2.64. The van der Waals surface area contributed by atoms with Gasteiger partial charge in [-0.1, -0.05) is 42.5 Å². The molecule has 0 radical (unpaired) electrons. The Kier molecular flexibility index (Phi) is 5.98. The SMILES string of the molecule is OCC1OC(O)C(NCNCc2cccc3ccccc23)C(O)C1O. The fourth-order valence-electron chi connectivity index (χ4n) is 3.15. The number of benzene rings is 2. The molecule has 1 aliphatic heterocycles. The molecule has 6 N–H and O–H groups in total. The van der Waals surface area contributed by atoms with Crippen LogP contribution in [0.5, 0.6) is 0 Å². The zero-order valence-electron chi connectivity index (χ0n) is 13.7. The lowest BCUT2D eigenvalue weighted by molar-refractivity contribution is -0.254. The molecule has 1 saturated heterocycles. The third kappa shape index (κ3) is 3.99. The zero-order valence-corrected chi connectivity index (χ0v) is 13.7. The topological polar surface area (TPSA) is 114 Å². The van der Waals surface area contributed by atoms with E-state index in [4.69, 9.17) is 9.84 Å². The molecule has 7 nitrogen and oxygen atoms in total. The summed E-state index contributed by atoms with van der Waals surface area (Å²) >= 11 is 0. The van der Waals surface area contributed by atoms with Crippen LogP contribution in [0.1, 0.15) is 5.56 Å². The Morgan fingerprint density at radius 2 is 1.72 bits per heavy atom. The van der Waals surface area contributed by atoms with Crippen molar-refractivity contribution in [3.8, 4) is 0 Å². The summed E-state index contributed by atoms with van der Waals surface area (Å²) in [5.41, 5.74) is 1.14. The maximum atomic E-state index is 10.1. The highest BCUT2D eigenvalue weighted by Gasteiger charge is 2.43. The summed E-state index contributed by atoms with van der Waals surface area (Å²) in [7, 11) is 0. The monoisotopic (exact) mass is 348 g/mol. The molecule has 1 aliphatic rings. The Balaban J connectivity index is 1.54. The van der Waals surface area contributed by atoms with Gasteiger partial charge in [-0.05, 0) is 16.3 Å². The van der Waals surface area contributed by atoms with Crippen LogP contribution in [0, 0.1) is 0 Å². The van der Waals surface area contributed by atoms with E-state index in [0.717, 1.165) is 5.56 Å². The van der Waals surface area contributed by atoms with Gasteiger partial charge in [0.1, 0.15) is 18.3 Å². The van der Waals surface area contributed by atoms with Crippen molar-refractivity contribution in [2.75, 3.05) is 13.3 Å². The van der Waals surface area contributed by atoms with Crippen LogP contribution in [-0.2, 0) is 11.3 Å². The van der Waals surface area contributed by atoms with Crippen molar-refractivity contribution in [1.29, 1.82) is 0 Å². The van der Waals surface area contributed by atoms with Crippen molar-refractivity contribution in [2.24, 2.45) is 0 Å². The van der Waals surface area contributed by atoms with Crippen LogP contribution in [0.2, 0.25) is 0 Å². The Labute approximate surface area is 145 Å². The second-order valence-electron chi connectivity index (χ2n) is 6.20. The standard InChI is InChI=1S/C18H24N2O5/c21-9-14-16(22)17(23)15(18(24)25-14)20-10-19-8-12-6-3-5-11-4-1-2-7-13(11)12/h1-7,14-24H,8-10H2. The van der Waals surface area contributed by atoms with Gasteiger partial charge in [0, 0.05) is 13.2 Å². The van der Waals surface area contributed by atoms with Crippen LogP contribution in [0.4, 0.5) is 0 Å². The molecule has 0 spiro atoms. The van der Waals surface area contributed by atoms with Crippen molar-refractivity contribution in [1.82, 2.24) is 10.6 Å². The summed E-state index contributed by atoms with van der Waals surface area (Å²) < 4.78 is 5.11. The number of hydrogen-bond donors (Lipinski definition) is 6. The van der Waals surface area contributed by atoms with Crippen molar-refractivity contribution in [2.45, 2.75) is 37.2 Å². The minimum atomic E-state index is -1.31. The van der Waals surface area contributed by atoms with Crippen molar-refractivity contribution in [3.63, 3.8) is 0 Å². The molecule has 3 rings (SSSR count). The molecule has 7 heteroatoms. The number of hydrogen-bond acceptors (Lipinski definition) is 7. The second-order valence-corrected chi connectivity index (χ2v) is 6.20. The van der Waals surface area contributed by atoms with E-state index in [0.29, 0.717) is 13.2 Å². The van der Waals surface area contributed by atoms with Crippen molar-refractivity contribution in [3.05, 3.63) is 48.0 Å². The minimum Gasteiger partial charge on any atom is -0.394 e. The molecule has 2 aromatic carbocycles. The number of rotatable bonds is 6. The quantitative estimate of drug-likeness (QED) is 0.301. The molecule has 1 heterocycles. The van der Waals surface area contributed by atoms with E-state index in [1.165, 1.54) is 10.8 Å². The number of aliphatic hydroxyl groups is 4. The number of ether oxygens (including phenoxy) is 1. The molecular weight excluding hydrogens is 324 g/mol. The first-order valence-corrected chi connectivity index (χ1v) is 8.33. The molecule has 25 heavy (non-hydrogen) atoms. The lowest BCUT2D eigenvalue weighted by atomic mass is 9.97. The molecular formula is C18H24N2O5. The summed E-state index contributed by atoms with van der Waals surface area (Å²) in [4.78, 5) is 0. The molecule has 0 amide bonds.